The summed E-state index contributed by atoms with van der Waals surface area (Å²) in [4.78, 5) is 9.10. The lowest BCUT2D eigenvalue weighted by Crippen LogP contribution is -2.45. The minimum absolute atomic E-state index is 0.563. The van der Waals surface area contributed by atoms with Crippen LogP contribution in [0.2, 0.25) is 0 Å². The van der Waals surface area contributed by atoms with Crippen LogP contribution in [-0.4, -0.2) is 60.5 Å². The van der Waals surface area contributed by atoms with Crippen LogP contribution in [0.3, 0.4) is 0 Å². The van der Waals surface area contributed by atoms with Crippen LogP contribution in [0.4, 0.5) is 5.82 Å². The number of nitrogen functional groups attached to an aromatic ring is 1. The number of nitrogens with two attached hydrogens (primary N) is 1. The van der Waals surface area contributed by atoms with Gasteiger partial charge in [-0.1, -0.05) is 23.9 Å². The predicted octanol–water partition coefficient (Wildman–Crippen LogP) is 1.41. The fraction of sp³-hybridized carbons (Fsp3) is 0.421. The number of anilines is 1. The molecule has 2 N–H and O–H groups in total. The summed E-state index contributed by atoms with van der Waals surface area (Å²) in [6.45, 7) is 11.2. The van der Waals surface area contributed by atoms with Crippen molar-refractivity contribution in [3.05, 3.63) is 60.5 Å². The zero-order valence-corrected chi connectivity index (χ0v) is 16.1. The van der Waals surface area contributed by atoms with Crippen LogP contribution in [0.1, 0.15) is 18.4 Å². The molecule has 0 unspecified atom stereocenters. The Balaban J connectivity index is 1.54. The number of aromatic nitrogens is 5. The summed E-state index contributed by atoms with van der Waals surface area (Å²) < 4.78 is 3.67. The summed E-state index contributed by atoms with van der Waals surface area (Å²) in [5.74, 6) is 1.51. The summed E-state index contributed by atoms with van der Waals surface area (Å²) in [6.07, 6.45) is 11.7. The molecule has 0 spiro atoms. The maximum Gasteiger partial charge on any atom is 0.131 e. The molecule has 2 aromatic rings. The second-order valence-electron chi connectivity index (χ2n) is 6.66. The Morgan fingerprint density at radius 1 is 1.26 bits per heavy atom. The summed E-state index contributed by atoms with van der Waals surface area (Å²) in [7, 11) is 1.90. The SMILES string of the molecule is C=C/C=C(\C=C/C)N1CCN(Cc2cn(Cc3ncc(N)n3C)nn2)CC1. The third-order valence-electron chi connectivity index (χ3n) is 4.76. The molecule has 0 amide bonds. The number of hydrogen-bond acceptors (Lipinski definition) is 6. The van der Waals surface area contributed by atoms with Crippen molar-refractivity contribution in [3.8, 4) is 0 Å². The number of piperazine rings is 1. The van der Waals surface area contributed by atoms with Crippen LogP contribution in [0.5, 0.6) is 0 Å². The number of allylic oxidation sites excluding steroid dienone is 4. The molecule has 0 bridgehead atoms. The Morgan fingerprint density at radius 3 is 2.67 bits per heavy atom. The molecule has 27 heavy (non-hydrogen) atoms. The molecule has 0 aliphatic carbocycles. The van der Waals surface area contributed by atoms with Crippen molar-refractivity contribution in [2.24, 2.45) is 7.05 Å². The molecule has 1 aliphatic rings. The van der Waals surface area contributed by atoms with E-state index in [0.29, 0.717) is 12.4 Å². The van der Waals surface area contributed by atoms with Gasteiger partial charge in [-0.2, -0.15) is 0 Å². The maximum atomic E-state index is 5.82. The first-order chi connectivity index (χ1) is 13.1. The van der Waals surface area contributed by atoms with Crippen LogP contribution in [0.15, 0.2) is 49.0 Å². The number of hydrogen-bond donors (Lipinski definition) is 1. The Kier molecular flexibility index (Phi) is 6.08. The first kappa shape index (κ1) is 18.9. The molecule has 8 heteroatoms. The van der Waals surface area contributed by atoms with Crippen molar-refractivity contribution in [1.82, 2.24) is 34.3 Å². The Morgan fingerprint density at radius 2 is 2.04 bits per heavy atom. The lowest BCUT2D eigenvalue weighted by atomic mass is 10.2. The van der Waals surface area contributed by atoms with Gasteiger partial charge >= 0.3 is 0 Å². The van der Waals surface area contributed by atoms with E-state index in [4.69, 9.17) is 5.73 Å². The predicted molar refractivity (Wildman–Crippen MR) is 107 cm³/mol. The van der Waals surface area contributed by atoms with Gasteiger partial charge in [0.1, 0.15) is 18.2 Å². The van der Waals surface area contributed by atoms with Crippen LogP contribution in [-0.2, 0) is 20.1 Å². The maximum absolute atomic E-state index is 5.82. The molecule has 0 radical (unpaired) electrons. The van der Waals surface area contributed by atoms with E-state index >= 15 is 0 Å². The molecule has 3 rings (SSSR count). The molecular weight excluding hydrogens is 340 g/mol. The average molecular weight is 368 g/mol. The van der Waals surface area contributed by atoms with Crippen LogP contribution in [0.25, 0.3) is 0 Å². The van der Waals surface area contributed by atoms with E-state index in [0.717, 1.165) is 44.2 Å². The van der Waals surface area contributed by atoms with Crippen LogP contribution in [0, 0.1) is 0 Å². The van der Waals surface area contributed by atoms with Gasteiger partial charge in [0.25, 0.3) is 0 Å². The lowest BCUT2D eigenvalue weighted by molar-refractivity contribution is 0.154. The standard InChI is InChI=1S/C19H28N8/c1-4-6-17(7-5-2)26-10-8-25(9-11-26)13-16-14-27(23-22-16)15-19-21-12-18(20)24(19)3/h4-7,12,14H,1,8-11,13,15,20H2,2-3H3/b7-5-,17-6+. The normalized spacial score (nSPS) is 16.4. The monoisotopic (exact) mass is 368 g/mol. The van der Waals surface area contributed by atoms with Gasteiger partial charge in [0.05, 0.1) is 18.1 Å². The lowest BCUT2D eigenvalue weighted by Gasteiger charge is -2.36. The highest BCUT2D eigenvalue weighted by atomic mass is 15.4. The smallest absolute Gasteiger partial charge is 0.131 e. The zero-order chi connectivity index (χ0) is 19.2. The van der Waals surface area contributed by atoms with Gasteiger partial charge in [-0.05, 0) is 19.1 Å². The zero-order valence-electron chi connectivity index (χ0n) is 16.1. The first-order valence-electron chi connectivity index (χ1n) is 9.18. The topological polar surface area (TPSA) is 81.0 Å². The van der Waals surface area contributed by atoms with Gasteiger partial charge in [0.15, 0.2) is 0 Å². The molecule has 1 fully saturated rings. The van der Waals surface area contributed by atoms with Gasteiger partial charge in [-0.3, -0.25) is 4.90 Å². The van der Waals surface area contributed by atoms with Crippen LogP contribution < -0.4 is 5.73 Å². The molecule has 1 aliphatic heterocycles. The van der Waals surface area contributed by atoms with Gasteiger partial charge < -0.3 is 15.2 Å². The average Bonchev–Trinajstić information content (AvgIpc) is 3.24. The van der Waals surface area contributed by atoms with E-state index in [1.54, 1.807) is 6.20 Å². The molecule has 144 valence electrons. The second-order valence-corrected chi connectivity index (χ2v) is 6.66. The molecular formula is C19H28N8. The fourth-order valence-electron chi connectivity index (χ4n) is 3.19. The molecule has 0 saturated carbocycles. The molecule has 8 nitrogen and oxygen atoms in total. The highest BCUT2D eigenvalue weighted by molar-refractivity contribution is 5.27. The van der Waals surface area contributed by atoms with E-state index in [2.05, 4.69) is 49.9 Å². The number of rotatable bonds is 7. The molecule has 3 heterocycles. The summed E-state index contributed by atoms with van der Waals surface area (Å²) in [6, 6.07) is 0. The van der Waals surface area contributed by atoms with Gasteiger partial charge in [0.2, 0.25) is 0 Å². The van der Waals surface area contributed by atoms with E-state index in [1.165, 1.54) is 5.70 Å². The van der Waals surface area contributed by atoms with Crippen molar-refractivity contribution in [2.75, 3.05) is 31.9 Å². The second kappa shape index (κ2) is 8.68. The van der Waals surface area contributed by atoms with E-state index in [-0.39, 0.29) is 0 Å². The third kappa shape index (κ3) is 4.65. The number of imidazole rings is 1. The molecule has 2 aromatic heterocycles. The summed E-state index contributed by atoms with van der Waals surface area (Å²) in [5, 5.41) is 8.53. The van der Waals surface area contributed by atoms with E-state index in [9.17, 15) is 0 Å². The van der Waals surface area contributed by atoms with E-state index in [1.807, 2.05) is 35.5 Å². The molecule has 0 atom stereocenters. The summed E-state index contributed by atoms with van der Waals surface area (Å²) >= 11 is 0. The van der Waals surface area contributed by atoms with Crippen molar-refractivity contribution >= 4 is 5.82 Å². The van der Waals surface area contributed by atoms with Crippen molar-refractivity contribution in [1.29, 1.82) is 0 Å². The molecule has 0 aromatic carbocycles. The van der Waals surface area contributed by atoms with Crippen molar-refractivity contribution < 1.29 is 0 Å². The Hall–Kier alpha value is -2.87. The fourth-order valence-corrected chi connectivity index (χ4v) is 3.19. The first-order valence-corrected chi connectivity index (χ1v) is 9.18. The van der Waals surface area contributed by atoms with Crippen molar-refractivity contribution in [3.63, 3.8) is 0 Å². The van der Waals surface area contributed by atoms with Gasteiger partial charge in [-0.25, -0.2) is 9.67 Å². The minimum atomic E-state index is 0.563. The quantitative estimate of drug-likeness (QED) is 0.744. The van der Waals surface area contributed by atoms with Gasteiger partial charge in [-0.15, -0.1) is 5.10 Å². The van der Waals surface area contributed by atoms with Gasteiger partial charge in [0, 0.05) is 45.5 Å². The van der Waals surface area contributed by atoms with Crippen LogP contribution >= 0.6 is 0 Å². The molecule has 1 saturated heterocycles. The highest BCUT2D eigenvalue weighted by Crippen LogP contribution is 2.13. The third-order valence-corrected chi connectivity index (χ3v) is 4.76. The largest absolute Gasteiger partial charge is 0.384 e. The van der Waals surface area contributed by atoms with Crippen molar-refractivity contribution in [2.45, 2.75) is 20.0 Å². The van der Waals surface area contributed by atoms with E-state index < -0.39 is 0 Å². The highest BCUT2D eigenvalue weighted by Gasteiger charge is 2.18. The Labute approximate surface area is 160 Å². The minimum Gasteiger partial charge on any atom is -0.384 e. The Bertz CT molecular complexity index is 821. The summed E-state index contributed by atoms with van der Waals surface area (Å²) in [5.41, 5.74) is 8.01. The number of nitrogens with zero attached hydrogens (tertiary/aromatic N) is 7.